The van der Waals surface area contributed by atoms with Gasteiger partial charge in [-0.05, 0) is 29.8 Å². The van der Waals surface area contributed by atoms with Crippen molar-refractivity contribution in [2.75, 3.05) is 14.2 Å². The second-order valence-electron chi connectivity index (χ2n) is 3.97. The van der Waals surface area contributed by atoms with Crippen LogP contribution in [0.5, 0.6) is 11.5 Å². The van der Waals surface area contributed by atoms with Crippen LogP contribution in [-0.4, -0.2) is 19.2 Å². The summed E-state index contributed by atoms with van der Waals surface area (Å²) in [7, 11) is 3.20. The minimum absolute atomic E-state index is 0.657. The van der Waals surface area contributed by atoms with Crippen LogP contribution in [0.15, 0.2) is 42.6 Å². The Balaban J connectivity index is 2.52. The lowest BCUT2D eigenvalue weighted by Gasteiger charge is -2.10. The Labute approximate surface area is 117 Å². The molecular formula is C16H14N2O2. The van der Waals surface area contributed by atoms with Gasteiger partial charge in [0.25, 0.3) is 0 Å². The SMILES string of the molecule is COc1ccc(-c2cccnc2C=CC#N)cc1OC. The third-order valence-electron chi connectivity index (χ3n) is 2.85. The third-order valence-corrected chi connectivity index (χ3v) is 2.85. The number of methoxy groups -OCH3 is 2. The van der Waals surface area contributed by atoms with Gasteiger partial charge in [0.15, 0.2) is 11.5 Å². The molecule has 0 amide bonds. The number of rotatable bonds is 4. The standard InChI is InChI=1S/C16H14N2O2/c1-19-15-8-7-12(11-16(15)20-2)13-5-4-10-18-14(13)6-3-9-17/h3-8,10-11H,1-2H3. The van der Waals surface area contributed by atoms with Crippen LogP contribution in [0.2, 0.25) is 0 Å². The summed E-state index contributed by atoms with van der Waals surface area (Å²) in [6.07, 6.45) is 4.79. The molecule has 20 heavy (non-hydrogen) atoms. The van der Waals surface area contributed by atoms with E-state index in [0.29, 0.717) is 11.5 Å². The van der Waals surface area contributed by atoms with Crippen molar-refractivity contribution in [3.8, 4) is 28.7 Å². The molecule has 0 aliphatic heterocycles. The Morgan fingerprint density at radius 2 is 1.95 bits per heavy atom. The van der Waals surface area contributed by atoms with Crippen LogP contribution < -0.4 is 9.47 Å². The summed E-state index contributed by atoms with van der Waals surface area (Å²) in [4.78, 5) is 4.28. The number of ether oxygens (including phenoxy) is 2. The van der Waals surface area contributed by atoms with Crippen LogP contribution >= 0.6 is 0 Å². The molecule has 2 aromatic rings. The van der Waals surface area contributed by atoms with Crippen LogP contribution in [0.3, 0.4) is 0 Å². The van der Waals surface area contributed by atoms with Gasteiger partial charge in [-0.1, -0.05) is 12.1 Å². The number of pyridine rings is 1. The zero-order chi connectivity index (χ0) is 14.4. The number of hydrogen-bond donors (Lipinski definition) is 0. The zero-order valence-corrected chi connectivity index (χ0v) is 11.3. The van der Waals surface area contributed by atoms with Crippen LogP contribution in [-0.2, 0) is 0 Å². The van der Waals surface area contributed by atoms with E-state index in [1.54, 1.807) is 26.5 Å². The number of nitrogens with zero attached hydrogens (tertiary/aromatic N) is 2. The average Bonchev–Trinajstić information content (AvgIpc) is 2.52. The van der Waals surface area contributed by atoms with E-state index < -0.39 is 0 Å². The van der Waals surface area contributed by atoms with Gasteiger partial charge in [-0.3, -0.25) is 4.98 Å². The van der Waals surface area contributed by atoms with Gasteiger partial charge in [-0.15, -0.1) is 0 Å². The average molecular weight is 266 g/mol. The first-order valence-electron chi connectivity index (χ1n) is 6.03. The highest BCUT2D eigenvalue weighted by Gasteiger charge is 2.08. The largest absolute Gasteiger partial charge is 0.493 e. The molecule has 0 atom stereocenters. The van der Waals surface area contributed by atoms with E-state index in [-0.39, 0.29) is 0 Å². The molecule has 0 aliphatic rings. The minimum Gasteiger partial charge on any atom is -0.493 e. The van der Waals surface area contributed by atoms with Gasteiger partial charge < -0.3 is 9.47 Å². The number of benzene rings is 1. The maximum Gasteiger partial charge on any atom is 0.161 e. The lowest BCUT2D eigenvalue weighted by molar-refractivity contribution is 0.355. The maximum absolute atomic E-state index is 8.64. The second-order valence-corrected chi connectivity index (χ2v) is 3.97. The number of nitriles is 1. The van der Waals surface area contributed by atoms with Crippen molar-refractivity contribution in [1.82, 2.24) is 4.98 Å². The molecule has 4 nitrogen and oxygen atoms in total. The molecule has 0 saturated carbocycles. The van der Waals surface area contributed by atoms with Gasteiger partial charge in [-0.2, -0.15) is 5.26 Å². The van der Waals surface area contributed by atoms with Crippen LogP contribution in [0, 0.1) is 11.3 Å². The molecular weight excluding hydrogens is 252 g/mol. The number of aromatic nitrogens is 1. The third kappa shape index (κ3) is 2.78. The summed E-state index contributed by atoms with van der Waals surface area (Å²) in [6, 6.07) is 11.4. The first-order valence-corrected chi connectivity index (χ1v) is 6.03. The maximum atomic E-state index is 8.64. The Morgan fingerprint density at radius 1 is 1.15 bits per heavy atom. The van der Waals surface area contributed by atoms with Gasteiger partial charge in [0.1, 0.15) is 0 Å². The molecule has 0 unspecified atom stereocenters. The molecule has 0 fully saturated rings. The second kappa shape index (κ2) is 6.39. The van der Waals surface area contributed by atoms with E-state index >= 15 is 0 Å². The molecule has 0 N–H and O–H groups in total. The lowest BCUT2D eigenvalue weighted by atomic mass is 10.0. The van der Waals surface area contributed by atoms with Gasteiger partial charge in [0, 0.05) is 17.8 Å². The van der Waals surface area contributed by atoms with Gasteiger partial charge in [0.2, 0.25) is 0 Å². The number of hydrogen-bond acceptors (Lipinski definition) is 4. The predicted octanol–water partition coefficient (Wildman–Crippen LogP) is 3.30. The van der Waals surface area contributed by atoms with Crippen molar-refractivity contribution in [1.29, 1.82) is 5.26 Å². The summed E-state index contributed by atoms with van der Waals surface area (Å²) in [5.41, 5.74) is 2.62. The van der Waals surface area contributed by atoms with Crippen molar-refractivity contribution in [2.24, 2.45) is 0 Å². The molecule has 0 radical (unpaired) electrons. The van der Waals surface area contributed by atoms with Crippen molar-refractivity contribution in [3.63, 3.8) is 0 Å². The normalized spacial score (nSPS) is 10.2. The summed E-state index contributed by atoms with van der Waals surface area (Å²) in [5, 5.41) is 8.64. The predicted molar refractivity (Wildman–Crippen MR) is 77.4 cm³/mol. The van der Waals surface area contributed by atoms with E-state index in [4.69, 9.17) is 14.7 Å². The molecule has 0 saturated heterocycles. The summed E-state index contributed by atoms with van der Waals surface area (Å²) >= 11 is 0. The summed E-state index contributed by atoms with van der Waals surface area (Å²) in [5.74, 6) is 1.33. The Morgan fingerprint density at radius 3 is 2.65 bits per heavy atom. The van der Waals surface area contributed by atoms with Crippen LogP contribution in [0.25, 0.3) is 17.2 Å². The zero-order valence-electron chi connectivity index (χ0n) is 11.3. The fourth-order valence-corrected chi connectivity index (χ4v) is 1.91. The highest BCUT2D eigenvalue weighted by Crippen LogP contribution is 2.33. The van der Waals surface area contributed by atoms with E-state index in [9.17, 15) is 0 Å². The topological polar surface area (TPSA) is 55.1 Å². The molecule has 100 valence electrons. The Bertz CT molecular complexity index is 672. The quantitative estimate of drug-likeness (QED) is 0.797. The van der Waals surface area contributed by atoms with Crippen molar-refractivity contribution < 1.29 is 9.47 Å². The molecule has 4 heteroatoms. The first kappa shape index (κ1) is 13.6. The lowest BCUT2D eigenvalue weighted by Crippen LogP contribution is -1.92. The van der Waals surface area contributed by atoms with E-state index in [1.165, 1.54) is 6.08 Å². The molecule has 0 spiro atoms. The van der Waals surface area contributed by atoms with Crippen molar-refractivity contribution in [2.45, 2.75) is 0 Å². The first-order chi connectivity index (χ1) is 9.80. The van der Waals surface area contributed by atoms with Crippen LogP contribution in [0.4, 0.5) is 0 Å². The van der Waals surface area contributed by atoms with E-state index in [2.05, 4.69) is 4.98 Å². The fourth-order valence-electron chi connectivity index (χ4n) is 1.91. The molecule has 0 bridgehead atoms. The Kier molecular flexibility index (Phi) is 4.35. The molecule has 1 heterocycles. The molecule has 0 aliphatic carbocycles. The summed E-state index contributed by atoms with van der Waals surface area (Å²) < 4.78 is 10.5. The molecule has 2 rings (SSSR count). The van der Waals surface area contributed by atoms with E-state index in [0.717, 1.165) is 16.8 Å². The fraction of sp³-hybridized carbons (Fsp3) is 0.125. The molecule has 1 aromatic carbocycles. The van der Waals surface area contributed by atoms with Crippen molar-refractivity contribution >= 4 is 6.08 Å². The molecule has 1 aromatic heterocycles. The van der Waals surface area contributed by atoms with E-state index in [1.807, 2.05) is 36.4 Å². The van der Waals surface area contributed by atoms with Gasteiger partial charge >= 0.3 is 0 Å². The highest BCUT2D eigenvalue weighted by molar-refractivity contribution is 5.75. The minimum atomic E-state index is 0.657. The Hall–Kier alpha value is -2.80. The van der Waals surface area contributed by atoms with Gasteiger partial charge in [-0.25, -0.2) is 0 Å². The summed E-state index contributed by atoms with van der Waals surface area (Å²) in [6.45, 7) is 0. The van der Waals surface area contributed by atoms with Crippen LogP contribution in [0.1, 0.15) is 5.69 Å². The smallest absolute Gasteiger partial charge is 0.161 e. The van der Waals surface area contributed by atoms with Gasteiger partial charge in [0.05, 0.1) is 26.0 Å². The monoisotopic (exact) mass is 266 g/mol. The van der Waals surface area contributed by atoms with Crippen molar-refractivity contribution in [3.05, 3.63) is 48.3 Å². The highest BCUT2D eigenvalue weighted by atomic mass is 16.5. The number of allylic oxidation sites excluding steroid dienone is 1.